The molecule has 0 saturated carbocycles. The van der Waals surface area contributed by atoms with Crippen LogP contribution in [0.5, 0.6) is 0 Å². The molecule has 1 heterocycles. The Hall–Kier alpha value is 0.399. The first kappa shape index (κ1) is 8.50. The van der Waals surface area contributed by atoms with E-state index in [9.17, 15) is 5.11 Å². The van der Waals surface area contributed by atoms with Gasteiger partial charge < -0.3 is 0 Å². The Labute approximate surface area is 66.2 Å². The van der Waals surface area contributed by atoms with E-state index in [2.05, 4.69) is 0 Å². The summed E-state index contributed by atoms with van der Waals surface area (Å²) in [6.45, 7) is -0.219. The number of aliphatic hydroxyl groups is 3. The molecule has 1 aliphatic rings. The van der Waals surface area contributed by atoms with E-state index in [-0.39, 0.29) is 17.5 Å². The average Bonchev–Trinajstić information content (AvgIpc) is 2.34. The summed E-state index contributed by atoms with van der Waals surface area (Å²) in [5, 5.41) is 28.0. The molecule has 1 rings (SSSR count). The molecule has 3 N–H and O–H groups in total. The fourth-order valence-corrected chi connectivity index (χ4v) is 3.83. The molecule has 3 nitrogen and oxygen atoms in total. The number of hydrogen-bond donors (Lipinski definition) is 3. The first-order valence-corrected chi connectivity index (χ1v) is 5.54. The summed E-state index contributed by atoms with van der Waals surface area (Å²) < 4.78 is 0. The van der Waals surface area contributed by atoms with Crippen molar-refractivity contribution in [3.63, 3.8) is 0 Å². The van der Waals surface area contributed by atoms with Crippen LogP contribution in [0.15, 0.2) is 0 Å². The Kier molecular flexibility index (Phi) is 3.14. The zero-order valence-electron chi connectivity index (χ0n) is 5.60. The summed E-state index contributed by atoms with van der Waals surface area (Å²) in [5.74, 6) is 0. The van der Waals surface area contributed by atoms with Gasteiger partial charge >= 0.3 is 65.6 Å². The zero-order valence-corrected chi connectivity index (χ0v) is 7.32. The summed E-state index contributed by atoms with van der Waals surface area (Å²) in [4.78, 5) is -0.0301. The molecule has 2 unspecified atom stereocenters. The molecule has 0 aromatic carbocycles. The van der Waals surface area contributed by atoms with Gasteiger partial charge in [0.05, 0.1) is 0 Å². The van der Waals surface area contributed by atoms with Crippen LogP contribution in [0.2, 0.25) is 10.1 Å². The van der Waals surface area contributed by atoms with E-state index in [4.69, 9.17) is 10.2 Å². The van der Waals surface area contributed by atoms with E-state index in [0.29, 0.717) is 15.0 Å². The topological polar surface area (TPSA) is 60.7 Å². The van der Waals surface area contributed by atoms with Crippen molar-refractivity contribution in [2.24, 2.45) is 0 Å². The molecule has 60 valence electrons. The van der Waals surface area contributed by atoms with Crippen molar-refractivity contribution >= 4 is 15.0 Å². The minimum absolute atomic E-state index is 0.0301. The Morgan fingerprint density at radius 2 is 2.30 bits per heavy atom. The van der Waals surface area contributed by atoms with Gasteiger partial charge in [-0.1, -0.05) is 0 Å². The molecule has 4 heteroatoms. The van der Waals surface area contributed by atoms with Crippen LogP contribution in [0.3, 0.4) is 0 Å². The maximum absolute atomic E-state index is 9.23. The summed E-state index contributed by atoms with van der Waals surface area (Å²) in [6, 6.07) is 0. The van der Waals surface area contributed by atoms with E-state index >= 15 is 0 Å². The minimum atomic E-state index is -0.697. The Morgan fingerprint density at radius 3 is 2.70 bits per heavy atom. The molecule has 1 saturated heterocycles. The van der Waals surface area contributed by atoms with Crippen molar-refractivity contribution in [1.29, 1.82) is 0 Å². The van der Waals surface area contributed by atoms with Gasteiger partial charge in [0.2, 0.25) is 0 Å². The first-order chi connectivity index (χ1) is 4.75. The molecule has 1 fully saturated rings. The van der Waals surface area contributed by atoms with Crippen molar-refractivity contribution in [3.05, 3.63) is 0 Å². The van der Waals surface area contributed by atoms with Gasteiger partial charge in [0.15, 0.2) is 0 Å². The van der Waals surface area contributed by atoms with Gasteiger partial charge in [0.25, 0.3) is 0 Å². The normalized spacial score (nSPS) is 36.3. The number of hydrogen-bond acceptors (Lipinski definition) is 3. The van der Waals surface area contributed by atoms with Gasteiger partial charge in [-0.3, -0.25) is 0 Å². The van der Waals surface area contributed by atoms with E-state index in [1.165, 1.54) is 0 Å². The van der Waals surface area contributed by atoms with E-state index in [1.807, 2.05) is 0 Å². The van der Waals surface area contributed by atoms with Crippen molar-refractivity contribution < 1.29 is 15.3 Å². The summed E-state index contributed by atoms with van der Waals surface area (Å²) >= 11 is 0.321. The van der Waals surface area contributed by atoms with Gasteiger partial charge in [0, 0.05) is 0 Å². The van der Waals surface area contributed by atoms with Gasteiger partial charge in [-0.2, -0.15) is 0 Å². The quantitative estimate of drug-likeness (QED) is 0.514. The molecule has 0 aromatic rings. The standard InChI is InChI=1S/C6H12O3Se/c7-3-5(9)6-4(8)1-2-10-6/h4-9H,1-3H2/t4?,5?,6-/m1/s1. The third kappa shape index (κ3) is 1.71. The van der Waals surface area contributed by atoms with Gasteiger partial charge in [-0.25, -0.2) is 0 Å². The summed E-state index contributed by atoms with van der Waals surface area (Å²) in [5.41, 5.74) is 0. The van der Waals surface area contributed by atoms with Crippen molar-refractivity contribution in [2.45, 2.75) is 28.8 Å². The van der Waals surface area contributed by atoms with E-state index in [0.717, 1.165) is 11.7 Å². The van der Waals surface area contributed by atoms with Crippen LogP contribution in [-0.2, 0) is 0 Å². The van der Waals surface area contributed by atoms with E-state index in [1.54, 1.807) is 0 Å². The maximum atomic E-state index is 9.23. The molecule has 0 aromatic heterocycles. The van der Waals surface area contributed by atoms with Gasteiger partial charge in [0.1, 0.15) is 0 Å². The molecule has 1 aliphatic heterocycles. The number of aliphatic hydroxyl groups excluding tert-OH is 3. The average molecular weight is 211 g/mol. The monoisotopic (exact) mass is 212 g/mol. The molecule has 0 bridgehead atoms. The second kappa shape index (κ2) is 3.69. The van der Waals surface area contributed by atoms with Crippen molar-refractivity contribution in [2.75, 3.05) is 6.61 Å². The Balaban J connectivity index is 2.38. The van der Waals surface area contributed by atoms with Crippen LogP contribution in [0.1, 0.15) is 6.42 Å². The molecule has 0 spiro atoms. The summed E-state index contributed by atoms with van der Waals surface area (Å²) in [6.07, 6.45) is -0.276. The van der Waals surface area contributed by atoms with Crippen LogP contribution < -0.4 is 0 Å². The Morgan fingerprint density at radius 1 is 1.60 bits per heavy atom. The fourth-order valence-electron chi connectivity index (χ4n) is 1.07. The molecule has 10 heavy (non-hydrogen) atoms. The predicted molar refractivity (Wildman–Crippen MR) is 38.0 cm³/mol. The third-order valence-corrected chi connectivity index (χ3v) is 4.78. The van der Waals surface area contributed by atoms with Crippen LogP contribution in [0.4, 0.5) is 0 Å². The molecular formula is C6H12O3Se. The third-order valence-electron chi connectivity index (χ3n) is 1.67. The van der Waals surface area contributed by atoms with Crippen LogP contribution >= 0.6 is 0 Å². The molecule has 3 atom stereocenters. The van der Waals surface area contributed by atoms with Gasteiger partial charge in [-0.05, 0) is 0 Å². The second-order valence-electron chi connectivity index (χ2n) is 2.44. The fraction of sp³-hybridized carbons (Fsp3) is 1.00. The van der Waals surface area contributed by atoms with Gasteiger partial charge in [-0.15, -0.1) is 0 Å². The molecule has 0 amide bonds. The van der Waals surface area contributed by atoms with Crippen molar-refractivity contribution in [1.82, 2.24) is 0 Å². The van der Waals surface area contributed by atoms with Crippen molar-refractivity contribution in [3.8, 4) is 0 Å². The van der Waals surface area contributed by atoms with Crippen LogP contribution in [0.25, 0.3) is 0 Å². The predicted octanol–water partition coefficient (Wildman–Crippen LogP) is -0.985. The van der Waals surface area contributed by atoms with Crippen LogP contribution in [0, 0.1) is 0 Å². The second-order valence-corrected chi connectivity index (χ2v) is 5.14. The van der Waals surface area contributed by atoms with Crippen LogP contribution in [-0.4, -0.2) is 49.1 Å². The first-order valence-electron chi connectivity index (χ1n) is 3.34. The zero-order chi connectivity index (χ0) is 7.56. The molecule has 0 aliphatic carbocycles. The SMILES string of the molecule is OCC(O)[C@@H]1[Se]CCC1O. The molecule has 0 radical (unpaired) electrons. The molecular weight excluding hydrogens is 199 g/mol. The Bertz CT molecular complexity index is 109. The number of rotatable bonds is 2. The van der Waals surface area contributed by atoms with E-state index < -0.39 is 6.10 Å². The summed E-state index contributed by atoms with van der Waals surface area (Å²) in [7, 11) is 0.